The maximum absolute atomic E-state index is 11.9. The summed E-state index contributed by atoms with van der Waals surface area (Å²) in [6, 6.07) is 6.05. The molecule has 0 fully saturated rings. The number of rotatable bonds is 6. The Hall–Kier alpha value is -2.83. The summed E-state index contributed by atoms with van der Waals surface area (Å²) in [7, 11) is 0. The van der Waals surface area contributed by atoms with Crippen LogP contribution in [0.1, 0.15) is 23.9 Å². The van der Waals surface area contributed by atoms with Crippen molar-refractivity contribution in [1.82, 2.24) is 30.4 Å². The molecule has 0 spiro atoms. The van der Waals surface area contributed by atoms with Crippen molar-refractivity contribution in [3.8, 4) is 0 Å². The zero-order valence-electron chi connectivity index (χ0n) is 14.0. The second-order valence-corrected chi connectivity index (χ2v) is 5.70. The van der Waals surface area contributed by atoms with Gasteiger partial charge in [0.15, 0.2) is 5.82 Å². The summed E-state index contributed by atoms with van der Waals surface area (Å²) in [5, 5.41) is 14.7. The Labute approximate surface area is 140 Å². The number of urea groups is 1. The number of aryl methyl sites for hydroxylation is 2. The van der Waals surface area contributed by atoms with Gasteiger partial charge in [0.25, 0.3) is 0 Å². The standard InChI is InChI=1S/C17H22N6O/c1-3-23-11-21-22-15(23)10-20-17(24)18-8-7-13-9-19-16-12(2)5-4-6-14(13)16/h4-6,9,11,19H,3,7-8,10H2,1-2H3,(H2,18,20,24). The predicted octanol–water partition coefficient (Wildman–Crippen LogP) is 2.13. The molecule has 126 valence electrons. The van der Waals surface area contributed by atoms with Gasteiger partial charge in [-0.2, -0.15) is 0 Å². The SMILES string of the molecule is CCn1cnnc1CNC(=O)NCCc1c[nH]c2c(C)cccc12. The first-order chi connectivity index (χ1) is 11.7. The van der Waals surface area contributed by atoms with Gasteiger partial charge in [-0.15, -0.1) is 10.2 Å². The molecule has 3 N–H and O–H groups in total. The van der Waals surface area contributed by atoms with E-state index < -0.39 is 0 Å². The van der Waals surface area contributed by atoms with Gasteiger partial charge in [-0.25, -0.2) is 4.79 Å². The van der Waals surface area contributed by atoms with Crippen LogP contribution >= 0.6 is 0 Å². The summed E-state index contributed by atoms with van der Waals surface area (Å²) in [5.41, 5.74) is 3.60. The van der Waals surface area contributed by atoms with Gasteiger partial charge < -0.3 is 20.2 Å². The van der Waals surface area contributed by atoms with Crippen LogP contribution < -0.4 is 10.6 Å². The highest BCUT2D eigenvalue weighted by Gasteiger charge is 2.07. The van der Waals surface area contributed by atoms with Crippen LogP contribution in [0.2, 0.25) is 0 Å². The van der Waals surface area contributed by atoms with E-state index in [1.807, 2.05) is 17.7 Å². The predicted molar refractivity (Wildman–Crippen MR) is 92.7 cm³/mol. The van der Waals surface area contributed by atoms with Gasteiger partial charge in [-0.1, -0.05) is 18.2 Å². The lowest BCUT2D eigenvalue weighted by Crippen LogP contribution is -2.36. The zero-order chi connectivity index (χ0) is 16.9. The quantitative estimate of drug-likeness (QED) is 0.648. The molecule has 0 atom stereocenters. The molecule has 0 saturated heterocycles. The van der Waals surface area contributed by atoms with E-state index >= 15 is 0 Å². The Morgan fingerprint density at radius 1 is 1.33 bits per heavy atom. The van der Waals surface area contributed by atoms with Crippen molar-refractivity contribution in [2.75, 3.05) is 6.54 Å². The van der Waals surface area contributed by atoms with Crippen LogP contribution in [-0.2, 0) is 19.5 Å². The number of carbonyl (C=O) groups is 1. The maximum Gasteiger partial charge on any atom is 0.315 e. The van der Waals surface area contributed by atoms with Crippen LogP contribution in [0.5, 0.6) is 0 Å². The number of amides is 2. The van der Waals surface area contributed by atoms with Crippen LogP contribution in [0, 0.1) is 6.92 Å². The second-order valence-electron chi connectivity index (χ2n) is 5.70. The van der Waals surface area contributed by atoms with E-state index in [0.717, 1.165) is 24.3 Å². The second kappa shape index (κ2) is 7.16. The molecule has 3 rings (SSSR count). The van der Waals surface area contributed by atoms with Crippen molar-refractivity contribution < 1.29 is 4.79 Å². The van der Waals surface area contributed by atoms with Crippen LogP contribution in [0.4, 0.5) is 4.79 Å². The fourth-order valence-electron chi connectivity index (χ4n) is 2.78. The van der Waals surface area contributed by atoms with E-state index in [1.165, 1.54) is 16.5 Å². The number of H-pyrrole nitrogens is 1. The normalized spacial score (nSPS) is 10.9. The number of carbonyl (C=O) groups excluding carboxylic acids is 1. The van der Waals surface area contributed by atoms with E-state index in [0.29, 0.717) is 13.1 Å². The molecule has 1 aromatic carbocycles. The fraction of sp³-hybridized carbons (Fsp3) is 0.353. The number of aromatic nitrogens is 4. The highest BCUT2D eigenvalue weighted by atomic mass is 16.2. The topological polar surface area (TPSA) is 87.6 Å². The molecule has 7 heteroatoms. The Morgan fingerprint density at radius 2 is 2.21 bits per heavy atom. The van der Waals surface area contributed by atoms with E-state index in [-0.39, 0.29) is 6.03 Å². The van der Waals surface area contributed by atoms with Gasteiger partial charge in [-0.05, 0) is 31.4 Å². The lowest BCUT2D eigenvalue weighted by Gasteiger charge is -2.08. The summed E-state index contributed by atoms with van der Waals surface area (Å²) in [6.07, 6.45) is 4.46. The van der Waals surface area contributed by atoms with Crippen LogP contribution in [0.3, 0.4) is 0 Å². The number of benzene rings is 1. The average Bonchev–Trinajstić information content (AvgIpc) is 3.20. The monoisotopic (exact) mass is 326 g/mol. The summed E-state index contributed by atoms with van der Waals surface area (Å²) in [6.45, 7) is 5.82. The molecule has 0 aliphatic heterocycles. The summed E-state index contributed by atoms with van der Waals surface area (Å²) in [4.78, 5) is 15.2. The summed E-state index contributed by atoms with van der Waals surface area (Å²) >= 11 is 0. The average molecular weight is 326 g/mol. The van der Waals surface area contributed by atoms with E-state index in [2.05, 4.69) is 50.9 Å². The molecule has 2 aromatic heterocycles. The Balaban J connectivity index is 1.49. The molecule has 0 radical (unpaired) electrons. The highest BCUT2D eigenvalue weighted by Crippen LogP contribution is 2.21. The molecule has 24 heavy (non-hydrogen) atoms. The summed E-state index contributed by atoms with van der Waals surface area (Å²) in [5.74, 6) is 0.750. The van der Waals surface area contributed by atoms with Crippen molar-refractivity contribution >= 4 is 16.9 Å². The van der Waals surface area contributed by atoms with E-state index in [9.17, 15) is 4.79 Å². The van der Waals surface area contributed by atoms with Gasteiger partial charge >= 0.3 is 6.03 Å². The minimum absolute atomic E-state index is 0.198. The van der Waals surface area contributed by atoms with Gasteiger partial charge in [0, 0.05) is 30.2 Å². The van der Waals surface area contributed by atoms with Crippen molar-refractivity contribution in [3.05, 3.63) is 47.7 Å². The third-order valence-corrected chi connectivity index (χ3v) is 4.13. The smallest absolute Gasteiger partial charge is 0.315 e. The Morgan fingerprint density at radius 3 is 3.04 bits per heavy atom. The first-order valence-electron chi connectivity index (χ1n) is 8.13. The number of fused-ring (bicyclic) bond motifs is 1. The van der Waals surface area contributed by atoms with Crippen molar-refractivity contribution in [3.63, 3.8) is 0 Å². The van der Waals surface area contributed by atoms with Crippen LogP contribution in [-0.4, -0.2) is 32.3 Å². The molecule has 2 amide bonds. The first kappa shape index (κ1) is 16.0. The van der Waals surface area contributed by atoms with Gasteiger partial charge in [-0.3, -0.25) is 0 Å². The number of hydrogen-bond donors (Lipinski definition) is 3. The highest BCUT2D eigenvalue weighted by molar-refractivity contribution is 5.85. The zero-order valence-corrected chi connectivity index (χ0v) is 14.0. The molecule has 0 bridgehead atoms. The van der Waals surface area contributed by atoms with Gasteiger partial charge in [0.1, 0.15) is 6.33 Å². The fourth-order valence-corrected chi connectivity index (χ4v) is 2.78. The molecule has 0 unspecified atom stereocenters. The van der Waals surface area contributed by atoms with Crippen LogP contribution in [0.15, 0.2) is 30.7 Å². The van der Waals surface area contributed by atoms with E-state index in [1.54, 1.807) is 6.33 Å². The minimum atomic E-state index is -0.198. The molecule has 2 heterocycles. The van der Waals surface area contributed by atoms with Gasteiger partial charge in [0.2, 0.25) is 0 Å². The lowest BCUT2D eigenvalue weighted by molar-refractivity contribution is 0.240. The minimum Gasteiger partial charge on any atom is -0.361 e. The largest absolute Gasteiger partial charge is 0.361 e. The van der Waals surface area contributed by atoms with Crippen LogP contribution in [0.25, 0.3) is 10.9 Å². The number of nitrogens with zero attached hydrogens (tertiary/aromatic N) is 3. The molecule has 7 nitrogen and oxygen atoms in total. The van der Waals surface area contributed by atoms with Crippen molar-refractivity contribution in [2.45, 2.75) is 33.4 Å². The molecular formula is C17H22N6O. The number of hydrogen-bond acceptors (Lipinski definition) is 3. The van der Waals surface area contributed by atoms with Crippen molar-refractivity contribution in [1.29, 1.82) is 0 Å². The molecule has 0 aliphatic rings. The summed E-state index contributed by atoms with van der Waals surface area (Å²) < 4.78 is 1.90. The molecule has 3 aromatic rings. The molecule has 0 saturated carbocycles. The first-order valence-corrected chi connectivity index (χ1v) is 8.13. The number of para-hydroxylation sites is 1. The number of nitrogens with one attached hydrogen (secondary N) is 3. The lowest BCUT2D eigenvalue weighted by atomic mass is 10.1. The van der Waals surface area contributed by atoms with Crippen molar-refractivity contribution in [2.24, 2.45) is 0 Å². The Bertz CT molecular complexity index is 835. The molecular weight excluding hydrogens is 304 g/mol. The van der Waals surface area contributed by atoms with E-state index in [4.69, 9.17) is 0 Å². The third-order valence-electron chi connectivity index (χ3n) is 4.13. The Kier molecular flexibility index (Phi) is 4.79. The third kappa shape index (κ3) is 3.40. The maximum atomic E-state index is 11.9. The number of aromatic amines is 1. The van der Waals surface area contributed by atoms with Gasteiger partial charge in [0.05, 0.1) is 6.54 Å². The molecule has 0 aliphatic carbocycles.